The van der Waals surface area contributed by atoms with E-state index in [0.29, 0.717) is 0 Å². The highest BCUT2D eigenvalue weighted by atomic mass is 32.2. The van der Waals surface area contributed by atoms with Crippen molar-refractivity contribution in [3.63, 3.8) is 0 Å². The Hall–Kier alpha value is -1.08. The van der Waals surface area contributed by atoms with E-state index in [4.69, 9.17) is 0 Å². The maximum atomic E-state index is 11.9. The van der Waals surface area contributed by atoms with Gasteiger partial charge >= 0.3 is 6.18 Å². The molecule has 0 aliphatic carbocycles. The average Bonchev–Trinajstić information content (AvgIpc) is 2.24. The molecule has 0 unspecified atom stereocenters. The molecule has 0 aliphatic heterocycles. The summed E-state index contributed by atoms with van der Waals surface area (Å²) in [6.07, 6.45) is -5.52. The largest absolute Gasteiger partial charge is 0.389 e. The second kappa shape index (κ2) is 5.71. The summed E-state index contributed by atoms with van der Waals surface area (Å²) in [6.45, 7) is 1.59. The number of rotatable bonds is 5. The van der Waals surface area contributed by atoms with Crippen LogP contribution in [0.1, 0.15) is 18.4 Å². The minimum absolute atomic E-state index is 0.0557. The summed E-state index contributed by atoms with van der Waals surface area (Å²) >= 11 is 0. The first-order valence-corrected chi connectivity index (χ1v) is 6.82. The van der Waals surface area contributed by atoms with Gasteiger partial charge in [0.15, 0.2) is 0 Å². The lowest BCUT2D eigenvalue weighted by Crippen LogP contribution is -2.25. The highest BCUT2D eigenvalue weighted by molar-refractivity contribution is 7.89. The van der Waals surface area contributed by atoms with E-state index in [1.165, 1.54) is 12.1 Å². The standard InChI is InChI=1S/C11H14F3NO2S/c1-9-3-5-10(6-4-9)18(16,17)15-8-2-7-11(12,13)14/h3-6,15H,2,7-8H2,1H3. The molecule has 0 fully saturated rings. The highest BCUT2D eigenvalue weighted by Gasteiger charge is 2.26. The van der Waals surface area contributed by atoms with Crippen molar-refractivity contribution >= 4 is 10.0 Å². The minimum atomic E-state index is -4.25. The molecule has 0 atom stereocenters. The minimum Gasteiger partial charge on any atom is -0.211 e. The summed E-state index contributed by atoms with van der Waals surface area (Å²) in [6, 6.07) is 6.09. The molecule has 0 aromatic heterocycles. The molecule has 0 bridgehead atoms. The Morgan fingerprint density at radius 2 is 1.72 bits per heavy atom. The summed E-state index contributed by atoms with van der Waals surface area (Å²) in [5.74, 6) is 0. The van der Waals surface area contributed by atoms with Crippen LogP contribution in [-0.2, 0) is 10.0 Å². The molecule has 1 aromatic rings. The second-order valence-corrected chi connectivity index (χ2v) is 5.70. The first-order chi connectivity index (χ1) is 8.21. The van der Waals surface area contributed by atoms with Crippen molar-refractivity contribution in [2.45, 2.75) is 30.8 Å². The van der Waals surface area contributed by atoms with Crippen molar-refractivity contribution in [1.82, 2.24) is 4.72 Å². The molecule has 7 heteroatoms. The Balaban J connectivity index is 2.53. The van der Waals surface area contributed by atoms with Crippen LogP contribution < -0.4 is 4.72 Å². The molecule has 0 saturated heterocycles. The third kappa shape index (κ3) is 5.05. The van der Waals surface area contributed by atoms with Gasteiger partial charge < -0.3 is 0 Å². The normalized spacial score (nSPS) is 12.7. The van der Waals surface area contributed by atoms with Gasteiger partial charge in [-0.05, 0) is 25.5 Å². The van der Waals surface area contributed by atoms with E-state index < -0.39 is 22.6 Å². The van der Waals surface area contributed by atoms with E-state index in [-0.39, 0.29) is 17.9 Å². The topological polar surface area (TPSA) is 46.2 Å². The highest BCUT2D eigenvalue weighted by Crippen LogP contribution is 2.21. The van der Waals surface area contributed by atoms with Crippen LogP contribution in [0.3, 0.4) is 0 Å². The maximum Gasteiger partial charge on any atom is 0.389 e. The van der Waals surface area contributed by atoms with Gasteiger partial charge in [-0.2, -0.15) is 13.2 Å². The van der Waals surface area contributed by atoms with Crippen LogP contribution in [0.2, 0.25) is 0 Å². The third-order valence-corrected chi connectivity index (χ3v) is 3.74. The molecule has 0 spiro atoms. The van der Waals surface area contributed by atoms with Crippen molar-refractivity contribution in [2.24, 2.45) is 0 Å². The predicted molar refractivity (Wildman–Crippen MR) is 61.7 cm³/mol. The summed E-state index contributed by atoms with van der Waals surface area (Å²) in [4.78, 5) is 0.0557. The monoisotopic (exact) mass is 281 g/mol. The number of aryl methyl sites for hydroxylation is 1. The van der Waals surface area contributed by atoms with Crippen molar-refractivity contribution in [3.05, 3.63) is 29.8 Å². The lowest BCUT2D eigenvalue weighted by atomic mass is 10.2. The number of hydrogen-bond acceptors (Lipinski definition) is 2. The van der Waals surface area contributed by atoms with Crippen LogP contribution in [0.15, 0.2) is 29.2 Å². The Labute approximate surface area is 104 Å². The predicted octanol–water partition coefficient (Wildman–Crippen LogP) is 2.62. The molecule has 0 heterocycles. The van der Waals surface area contributed by atoms with Gasteiger partial charge in [0.1, 0.15) is 0 Å². The van der Waals surface area contributed by atoms with Crippen molar-refractivity contribution in [1.29, 1.82) is 0 Å². The fourth-order valence-corrected chi connectivity index (χ4v) is 2.37. The maximum absolute atomic E-state index is 11.9. The molecule has 18 heavy (non-hydrogen) atoms. The molecular weight excluding hydrogens is 267 g/mol. The Morgan fingerprint density at radius 1 is 1.17 bits per heavy atom. The first kappa shape index (κ1) is 15.0. The van der Waals surface area contributed by atoms with Crippen molar-refractivity contribution < 1.29 is 21.6 Å². The molecule has 0 amide bonds. The molecule has 102 valence electrons. The molecule has 1 N–H and O–H groups in total. The van der Waals surface area contributed by atoms with Crippen LogP contribution in [-0.4, -0.2) is 21.1 Å². The van der Waals surface area contributed by atoms with E-state index in [0.717, 1.165) is 5.56 Å². The zero-order valence-corrected chi connectivity index (χ0v) is 10.6. The zero-order valence-electron chi connectivity index (χ0n) is 9.79. The van der Waals surface area contributed by atoms with Gasteiger partial charge in [0.05, 0.1) is 4.90 Å². The van der Waals surface area contributed by atoms with Crippen LogP contribution in [0.4, 0.5) is 13.2 Å². The first-order valence-electron chi connectivity index (χ1n) is 5.34. The summed E-state index contributed by atoms with van der Waals surface area (Å²) in [7, 11) is -3.71. The van der Waals surface area contributed by atoms with Gasteiger partial charge in [-0.3, -0.25) is 0 Å². The molecule has 1 rings (SSSR count). The quantitative estimate of drug-likeness (QED) is 0.843. The van der Waals surface area contributed by atoms with Gasteiger partial charge in [0.25, 0.3) is 0 Å². The fourth-order valence-electron chi connectivity index (χ4n) is 1.30. The zero-order chi connectivity index (χ0) is 13.8. The van der Waals surface area contributed by atoms with Crippen LogP contribution in [0.5, 0.6) is 0 Å². The number of sulfonamides is 1. The van der Waals surface area contributed by atoms with Crippen molar-refractivity contribution in [3.8, 4) is 0 Å². The fraction of sp³-hybridized carbons (Fsp3) is 0.455. The van der Waals surface area contributed by atoms with Gasteiger partial charge in [-0.1, -0.05) is 17.7 Å². The van der Waals surface area contributed by atoms with E-state index in [1.54, 1.807) is 12.1 Å². The van der Waals surface area contributed by atoms with E-state index >= 15 is 0 Å². The Morgan fingerprint density at radius 3 is 2.22 bits per heavy atom. The molecule has 3 nitrogen and oxygen atoms in total. The van der Waals surface area contributed by atoms with Crippen LogP contribution in [0.25, 0.3) is 0 Å². The summed E-state index contributed by atoms with van der Waals surface area (Å²) in [5, 5.41) is 0. The molecule has 0 saturated carbocycles. The third-order valence-electron chi connectivity index (χ3n) is 2.26. The second-order valence-electron chi connectivity index (χ2n) is 3.93. The van der Waals surface area contributed by atoms with E-state index in [1.807, 2.05) is 6.92 Å². The smallest absolute Gasteiger partial charge is 0.211 e. The number of nitrogens with one attached hydrogen (secondary N) is 1. The van der Waals surface area contributed by atoms with Gasteiger partial charge in [0.2, 0.25) is 10.0 Å². The van der Waals surface area contributed by atoms with Crippen molar-refractivity contribution in [2.75, 3.05) is 6.54 Å². The van der Waals surface area contributed by atoms with Gasteiger partial charge in [0, 0.05) is 13.0 Å². The van der Waals surface area contributed by atoms with E-state index in [9.17, 15) is 21.6 Å². The number of benzene rings is 1. The van der Waals surface area contributed by atoms with Gasteiger partial charge in [-0.15, -0.1) is 0 Å². The molecule has 0 aliphatic rings. The number of halogens is 3. The summed E-state index contributed by atoms with van der Waals surface area (Å²) < 4.78 is 61.1. The average molecular weight is 281 g/mol. The number of hydrogen-bond donors (Lipinski definition) is 1. The Bertz CT molecular complexity index is 480. The van der Waals surface area contributed by atoms with Crippen LogP contribution in [0, 0.1) is 6.92 Å². The van der Waals surface area contributed by atoms with Gasteiger partial charge in [-0.25, -0.2) is 13.1 Å². The molecule has 0 radical (unpaired) electrons. The lowest BCUT2D eigenvalue weighted by molar-refractivity contribution is -0.135. The van der Waals surface area contributed by atoms with E-state index in [2.05, 4.69) is 4.72 Å². The van der Waals surface area contributed by atoms with Crippen LogP contribution >= 0.6 is 0 Å². The molecular formula is C11H14F3NO2S. The Kier molecular flexibility index (Phi) is 4.75. The SMILES string of the molecule is Cc1ccc(S(=O)(=O)NCCCC(F)(F)F)cc1. The summed E-state index contributed by atoms with van der Waals surface area (Å²) in [5.41, 5.74) is 0.908. The lowest BCUT2D eigenvalue weighted by Gasteiger charge is -2.08. The number of alkyl halides is 3. The molecule has 1 aromatic carbocycles.